The Balaban J connectivity index is 1.45. The van der Waals surface area contributed by atoms with Crippen molar-refractivity contribution in [1.82, 2.24) is 4.98 Å². The summed E-state index contributed by atoms with van der Waals surface area (Å²) in [4.78, 5) is 27.6. The minimum atomic E-state index is -0.566. The zero-order valence-corrected chi connectivity index (χ0v) is 15.2. The maximum absolute atomic E-state index is 12.5. The molecule has 3 N–H and O–H groups in total. The molecular weight excluding hydrogens is 378 g/mol. The monoisotopic (exact) mass is 397 g/mol. The second-order valence-corrected chi connectivity index (χ2v) is 10.3. The Hall–Kier alpha value is -0.950. The second kappa shape index (κ2) is 5.28. The zero-order valence-electron chi connectivity index (χ0n) is 12.8. The maximum atomic E-state index is 12.5. The largest absolute Gasteiger partial charge is 0.364 e. The summed E-state index contributed by atoms with van der Waals surface area (Å²) in [6.45, 7) is 0. The van der Waals surface area contributed by atoms with Crippen molar-refractivity contribution in [2.45, 2.75) is 49.3 Å². The number of amides is 2. The van der Waals surface area contributed by atoms with Crippen LogP contribution in [0.2, 0.25) is 0 Å². The van der Waals surface area contributed by atoms with Gasteiger partial charge >= 0.3 is 0 Å². The minimum Gasteiger partial charge on any atom is -0.364 e. The molecular formula is C16H20BrN3O2S. The molecule has 7 heteroatoms. The number of nitrogens with two attached hydrogens (primary N) is 1. The van der Waals surface area contributed by atoms with E-state index >= 15 is 0 Å². The van der Waals surface area contributed by atoms with Crippen molar-refractivity contribution in [3.05, 3.63) is 11.1 Å². The summed E-state index contributed by atoms with van der Waals surface area (Å²) >= 11 is 5.22. The van der Waals surface area contributed by atoms with Crippen molar-refractivity contribution in [2.75, 3.05) is 5.32 Å². The van der Waals surface area contributed by atoms with Crippen molar-refractivity contribution in [1.29, 1.82) is 0 Å². The molecule has 0 radical (unpaired) electrons. The van der Waals surface area contributed by atoms with E-state index in [-0.39, 0.29) is 21.3 Å². The molecule has 0 saturated heterocycles. The van der Waals surface area contributed by atoms with Gasteiger partial charge in [0.05, 0.1) is 0 Å². The predicted molar refractivity (Wildman–Crippen MR) is 92.7 cm³/mol. The summed E-state index contributed by atoms with van der Waals surface area (Å²) < 4.78 is 0.262. The van der Waals surface area contributed by atoms with Crippen LogP contribution in [-0.4, -0.2) is 21.1 Å². The number of carbonyl (C=O) groups excluding carboxylic acids is 2. The van der Waals surface area contributed by atoms with Crippen LogP contribution in [0, 0.1) is 17.3 Å². The Morgan fingerprint density at radius 2 is 2.04 bits per heavy atom. The number of primary amides is 1. The molecule has 4 fully saturated rings. The van der Waals surface area contributed by atoms with Crippen LogP contribution in [0.1, 0.15) is 55.4 Å². The predicted octanol–water partition coefficient (Wildman–Crippen LogP) is 3.30. The van der Waals surface area contributed by atoms with E-state index in [1.165, 1.54) is 43.4 Å². The summed E-state index contributed by atoms with van der Waals surface area (Å²) in [7, 11) is 0. The van der Waals surface area contributed by atoms with E-state index in [0.717, 1.165) is 18.3 Å². The molecule has 23 heavy (non-hydrogen) atoms. The van der Waals surface area contributed by atoms with E-state index in [2.05, 4.69) is 26.2 Å². The van der Waals surface area contributed by atoms with Gasteiger partial charge in [-0.1, -0.05) is 15.9 Å². The van der Waals surface area contributed by atoms with Crippen LogP contribution in [0.25, 0.3) is 0 Å². The first-order valence-corrected chi connectivity index (χ1v) is 9.76. The van der Waals surface area contributed by atoms with Crippen LogP contribution in [0.3, 0.4) is 0 Å². The van der Waals surface area contributed by atoms with Gasteiger partial charge < -0.3 is 11.1 Å². The van der Waals surface area contributed by atoms with Crippen LogP contribution in [0.4, 0.5) is 5.13 Å². The fourth-order valence-corrected chi connectivity index (χ4v) is 7.72. The standard InChI is InChI=1S/C16H20BrN3O2S/c17-16-4-9-1-10(5-16)3-15(2-9,8-16)6-12(21)20-14-19-11(7-23-14)13(18)22/h7,9-10H,1-6,8H2,(H2,18,22)(H,19,20,21). The van der Waals surface area contributed by atoms with Crippen molar-refractivity contribution in [3.63, 3.8) is 0 Å². The highest BCUT2D eigenvalue weighted by Gasteiger charge is 2.57. The molecule has 5 rings (SSSR count). The van der Waals surface area contributed by atoms with Gasteiger partial charge in [0.25, 0.3) is 5.91 Å². The SMILES string of the molecule is NC(=O)c1csc(NC(=O)CC23CC4CC(CC(Br)(C4)C2)C3)n1. The Bertz CT molecular complexity index is 660. The number of nitrogens with zero attached hydrogens (tertiary/aromatic N) is 1. The maximum Gasteiger partial charge on any atom is 0.268 e. The molecule has 1 aromatic rings. The fourth-order valence-electron chi connectivity index (χ4n) is 5.49. The van der Waals surface area contributed by atoms with Crippen molar-refractivity contribution in [3.8, 4) is 0 Å². The molecule has 4 saturated carbocycles. The van der Waals surface area contributed by atoms with Crippen molar-refractivity contribution < 1.29 is 9.59 Å². The molecule has 2 atom stereocenters. The molecule has 1 heterocycles. The molecule has 4 bridgehead atoms. The molecule has 4 aliphatic carbocycles. The fraction of sp³-hybridized carbons (Fsp3) is 0.688. The highest BCUT2D eigenvalue weighted by atomic mass is 79.9. The first kappa shape index (κ1) is 15.6. The number of anilines is 1. The summed E-state index contributed by atoms with van der Waals surface area (Å²) in [5.74, 6) is 0.979. The van der Waals surface area contributed by atoms with Crippen LogP contribution in [0.15, 0.2) is 5.38 Å². The van der Waals surface area contributed by atoms with E-state index in [9.17, 15) is 9.59 Å². The Morgan fingerprint density at radius 3 is 2.61 bits per heavy atom. The van der Waals surface area contributed by atoms with Crippen LogP contribution in [-0.2, 0) is 4.79 Å². The number of aromatic nitrogens is 1. The number of halogens is 1. The van der Waals surface area contributed by atoms with Gasteiger partial charge in [-0.3, -0.25) is 9.59 Å². The molecule has 4 aliphatic rings. The Kier molecular flexibility index (Phi) is 3.57. The van der Waals surface area contributed by atoms with Crippen LogP contribution >= 0.6 is 27.3 Å². The average Bonchev–Trinajstić information content (AvgIpc) is 2.83. The number of thiazole rings is 1. The smallest absolute Gasteiger partial charge is 0.268 e. The third kappa shape index (κ3) is 2.93. The molecule has 2 amide bonds. The number of carbonyl (C=O) groups is 2. The van der Waals surface area contributed by atoms with Crippen molar-refractivity contribution in [2.24, 2.45) is 23.0 Å². The van der Waals surface area contributed by atoms with Crippen LogP contribution < -0.4 is 11.1 Å². The number of alkyl halides is 1. The van der Waals surface area contributed by atoms with Gasteiger partial charge in [0.15, 0.2) is 5.13 Å². The number of nitrogens with one attached hydrogen (secondary N) is 1. The highest BCUT2D eigenvalue weighted by molar-refractivity contribution is 9.10. The van der Waals surface area contributed by atoms with E-state index in [4.69, 9.17) is 5.73 Å². The second-order valence-electron chi connectivity index (χ2n) is 7.74. The molecule has 0 aliphatic heterocycles. The third-order valence-corrected chi connectivity index (χ3v) is 7.33. The van der Waals surface area contributed by atoms with Crippen molar-refractivity contribution >= 4 is 44.2 Å². The molecule has 1 aromatic heterocycles. The topological polar surface area (TPSA) is 85.1 Å². The highest BCUT2D eigenvalue weighted by Crippen LogP contribution is 2.65. The minimum absolute atomic E-state index is 0.00780. The van der Waals surface area contributed by atoms with Gasteiger partial charge in [0, 0.05) is 16.1 Å². The third-order valence-electron chi connectivity index (χ3n) is 5.65. The number of rotatable bonds is 4. The van der Waals surface area contributed by atoms with Gasteiger partial charge in [-0.05, 0) is 55.8 Å². The van der Waals surface area contributed by atoms with Gasteiger partial charge in [-0.2, -0.15) is 0 Å². The first-order chi connectivity index (χ1) is 10.8. The van der Waals surface area contributed by atoms with Gasteiger partial charge in [-0.15, -0.1) is 11.3 Å². The molecule has 124 valence electrons. The Labute approximate surface area is 147 Å². The lowest BCUT2D eigenvalue weighted by molar-refractivity contribution is -0.123. The summed E-state index contributed by atoms with van der Waals surface area (Å²) in [5.41, 5.74) is 5.54. The molecule has 2 unspecified atom stereocenters. The normalized spacial score (nSPS) is 37.8. The van der Waals surface area contributed by atoms with Crippen LogP contribution in [0.5, 0.6) is 0 Å². The summed E-state index contributed by atoms with van der Waals surface area (Å²) in [5, 5.41) is 4.89. The van der Waals surface area contributed by atoms with E-state index in [0.29, 0.717) is 11.6 Å². The molecule has 0 spiro atoms. The lowest BCUT2D eigenvalue weighted by Gasteiger charge is -2.60. The first-order valence-electron chi connectivity index (χ1n) is 8.09. The Morgan fingerprint density at radius 1 is 1.35 bits per heavy atom. The lowest BCUT2D eigenvalue weighted by Crippen LogP contribution is -2.53. The van der Waals surface area contributed by atoms with E-state index in [1.807, 2.05) is 0 Å². The summed E-state index contributed by atoms with van der Waals surface area (Å²) in [6.07, 6.45) is 7.88. The van der Waals surface area contributed by atoms with Gasteiger partial charge in [0.1, 0.15) is 5.69 Å². The van der Waals surface area contributed by atoms with E-state index < -0.39 is 5.91 Å². The average molecular weight is 398 g/mol. The van der Waals surface area contributed by atoms with E-state index in [1.54, 1.807) is 5.38 Å². The van der Waals surface area contributed by atoms with Gasteiger partial charge in [-0.25, -0.2) is 4.98 Å². The summed E-state index contributed by atoms with van der Waals surface area (Å²) in [6, 6.07) is 0. The number of hydrogen-bond acceptors (Lipinski definition) is 4. The van der Waals surface area contributed by atoms with Gasteiger partial charge in [0.2, 0.25) is 5.91 Å². The quantitative estimate of drug-likeness (QED) is 0.764. The lowest BCUT2D eigenvalue weighted by atomic mass is 9.48. The zero-order chi connectivity index (χ0) is 16.2. The molecule has 5 nitrogen and oxygen atoms in total. The number of hydrogen-bond donors (Lipinski definition) is 2. The molecule has 0 aromatic carbocycles.